The van der Waals surface area contributed by atoms with E-state index in [1.165, 1.54) is 0 Å². The van der Waals surface area contributed by atoms with E-state index < -0.39 is 0 Å². The monoisotopic (exact) mass is 130 g/mol. The van der Waals surface area contributed by atoms with Crippen molar-refractivity contribution in [3.63, 3.8) is 0 Å². The number of aliphatic hydroxyl groups excluding tert-OH is 1. The van der Waals surface area contributed by atoms with Crippen LogP contribution in [0.4, 0.5) is 0 Å². The Kier molecular flexibility index (Phi) is 1.53. The van der Waals surface area contributed by atoms with E-state index in [-0.39, 0.29) is 11.7 Å². The third-order valence-electron chi connectivity index (χ3n) is 1.97. The van der Waals surface area contributed by atoms with Gasteiger partial charge in [-0.05, 0) is 13.8 Å². The van der Waals surface area contributed by atoms with Crippen LogP contribution in [0.1, 0.15) is 20.8 Å². The second-order valence-corrected chi connectivity index (χ2v) is 3.34. The number of aliphatic hydroxyl groups is 1. The number of hydrogen-bond acceptors (Lipinski definition) is 2. The fourth-order valence-corrected chi connectivity index (χ4v) is 1.21. The lowest BCUT2D eigenvalue weighted by atomic mass is 9.95. The number of rotatable bonds is 0. The highest BCUT2D eigenvalue weighted by Gasteiger charge is 2.39. The summed E-state index contributed by atoms with van der Waals surface area (Å²) in [5, 5.41) is 9.40. The summed E-state index contributed by atoms with van der Waals surface area (Å²) in [5.74, 6) is 0.292. The Bertz CT molecular complexity index is 109. The topological polar surface area (TPSA) is 29.5 Å². The lowest BCUT2D eigenvalue weighted by Crippen LogP contribution is -2.34. The Hall–Kier alpha value is -0.0800. The minimum Gasteiger partial charge on any atom is -0.390 e. The maximum Gasteiger partial charge on any atom is 0.0887 e. The highest BCUT2D eigenvalue weighted by atomic mass is 16.5. The van der Waals surface area contributed by atoms with E-state index >= 15 is 0 Å². The molecule has 2 nitrogen and oxygen atoms in total. The molecule has 1 rings (SSSR count). The van der Waals surface area contributed by atoms with Crippen LogP contribution in [-0.2, 0) is 4.74 Å². The molecule has 0 saturated carbocycles. The summed E-state index contributed by atoms with van der Waals surface area (Å²) in [6.45, 7) is 6.52. The van der Waals surface area contributed by atoms with E-state index in [1.807, 2.05) is 20.8 Å². The molecule has 0 radical (unpaired) electrons. The molecular formula is C7H14O2. The molecule has 0 aromatic carbocycles. The van der Waals surface area contributed by atoms with Crippen LogP contribution < -0.4 is 0 Å². The second-order valence-electron chi connectivity index (χ2n) is 3.34. The van der Waals surface area contributed by atoms with Crippen LogP contribution in [0.15, 0.2) is 0 Å². The smallest absolute Gasteiger partial charge is 0.0887 e. The number of ether oxygens (including phenoxy) is 1. The predicted molar refractivity (Wildman–Crippen MR) is 35.2 cm³/mol. The quantitative estimate of drug-likeness (QED) is 0.525. The normalized spacial score (nSPS) is 41.3. The molecule has 0 aromatic heterocycles. The Morgan fingerprint density at radius 3 is 2.22 bits per heavy atom. The molecule has 1 aliphatic rings. The van der Waals surface area contributed by atoms with Gasteiger partial charge in [-0.25, -0.2) is 0 Å². The Balaban J connectivity index is 2.62. The standard InChI is InChI=1S/C7H14O2/c1-5-4-9-7(2,3)6(5)8/h5-6,8H,4H2,1-3H3. The molecule has 0 spiro atoms. The first kappa shape index (κ1) is 7.03. The zero-order valence-electron chi connectivity index (χ0n) is 6.22. The Labute approximate surface area is 55.8 Å². The average molecular weight is 130 g/mol. The maximum absolute atomic E-state index is 9.40. The molecule has 9 heavy (non-hydrogen) atoms. The molecule has 1 fully saturated rings. The van der Waals surface area contributed by atoms with Gasteiger partial charge in [-0.3, -0.25) is 0 Å². The van der Waals surface area contributed by atoms with Crippen molar-refractivity contribution in [3.8, 4) is 0 Å². The van der Waals surface area contributed by atoms with E-state index in [4.69, 9.17) is 4.74 Å². The summed E-state index contributed by atoms with van der Waals surface area (Å²) in [7, 11) is 0. The summed E-state index contributed by atoms with van der Waals surface area (Å²) >= 11 is 0. The summed E-state index contributed by atoms with van der Waals surface area (Å²) in [5.41, 5.74) is -0.320. The van der Waals surface area contributed by atoms with E-state index in [0.717, 1.165) is 0 Å². The fraction of sp³-hybridized carbons (Fsp3) is 1.00. The van der Waals surface area contributed by atoms with E-state index in [1.54, 1.807) is 0 Å². The second kappa shape index (κ2) is 1.96. The van der Waals surface area contributed by atoms with Crippen molar-refractivity contribution in [3.05, 3.63) is 0 Å². The molecule has 0 bridgehead atoms. The van der Waals surface area contributed by atoms with Crippen molar-refractivity contribution in [2.24, 2.45) is 5.92 Å². The van der Waals surface area contributed by atoms with Crippen LogP contribution in [0.25, 0.3) is 0 Å². The van der Waals surface area contributed by atoms with Gasteiger partial charge in [0, 0.05) is 5.92 Å². The van der Waals surface area contributed by atoms with Gasteiger partial charge in [0.25, 0.3) is 0 Å². The fourth-order valence-electron chi connectivity index (χ4n) is 1.21. The van der Waals surface area contributed by atoms with Gasteiger partial charge in [0.1, 0.15) is 0 Å². The van der Waals surface area contributed by atoms with E-state index in [9.17, 15) is 5.11 Å². The van der Waals surface area contributed by atoms with Gasteiger partial charge < -0.3 is 9.84 Å². The summed E-state index contributed by atoms with van der Waals surface area (Å²) < 4.78 is 5.31. The largest absolute Gasteiger partial charge is 0.390 e. The Morgan fingerprint density at radius 2 is 2.11 bits per heavy atom. The van der Waals surface area contributed by atoms with Crippen LogP contribution in [0.2, 0.25) is 0 Å². The molecular weight excluding hydrogens is 116 g/mol. The molecule has 1 heterocycles. The predicted octanol–water partition coefficient (Wildman–Crippen LogP) is 0.792. The van der Waals surface area contributed by atoms with Crippen LogP contribution in [-0.4, -0.2) is 23.4 Å². The van der Waals surface area contributed by atoms with Crippen molar-refractivity contribution in [2.45, 2.75) is 32.5 Å². The van der Waals surface area contributed by atoms with Crippen LogP contribution in [0, 0.1) is 5.92 Å². The molecule has 1 aliphatic heterocycles. The van der Waals surface area contributed by atoms with Gasteiger partial charge in [0.15, 0.2) is 0 Å². The van der Waals surface area contributed by atoms with Gasteiger partial charge in [0.2, 0.25) is 0 Å². The first-order valence-corrected chi connectivity index (χ1v) is 3.36. The molecule has 1 N–H and O–H groups in total. The highest BCUT2D eigenvalue weighted by Crippen LogP contribution is 2.28. The molecule has 0 aromatic rings. The SMILES string of the molecule is CC1COC(C)(C)C1O. The molecule has 54 valence electrons. The van der Waals surface area contributed by atoms with Crippen molar-refractivity contribution in [1.82, 2.24) is 0 Å². The average Bonchev–Trinajstić information content (AvgIpc) is 1.97. The minimum atomic E-state index is -0.320. The van der Waals surface area contributed by atoms with Crippen molar-refractivity contribution >= 4 is 0 Å². The summed E-state index contributed by atoms with van der Waals surface area (Å²) in [6.07, 6.45) is -0.294. The summed E-state index contributed by atoms with van der Waals surface area (Å²) in [4.78, 5) is 0. The van der Waals surface area contributed by atoms with Gasteiger partial charge in [-0.2, -0.15) is 0 Å². The van der Waals surface area contributed by atoms with Crippen molar-refractivity contribution < 1.29 is 9.84 Å². The van der Waals surface area contributed by atoms with Crippen LogP contribution >= 0.6 is 0 Å². The first-order valence-electron chi connectivity index (χ1n) is 3.36. The first-order chi connectivity index (χ1) is 4.04. The number of hydrogen-bond donors (Lipinski definition) is 1. The van der Waals surface area contributed by atoms with Gasteiger partial charge in [0.05, 0.1) is 18.3 Å². The van der Waals surface area contributed by atoms with E-state index in [0.29, 0.717) is 12.5 Å². The van der Waals surface area contributed by atoms with Gasteiger partial charge >= 0.3 is 0 Å². The van der Waals surface area contributed by atoms with Gasteiger partial charge in [-0.15, -0.1) is 0 Å². The lowest BCUT2D eigenvalue weighted by molar-refractivity contribution is -0.0307. The Morgan fingerprint density at radius 1 is 1.56 bits per heavy atom. The molecule has 0 amide bonds. The van der Waals surface area contributed by atoms with E-state index in [2.05, 4.69) is 0 Å². The zero-order valence-corrected chi connectivity index (χ0v) is 6.22. The third kappa shape index (κ3) is 1.10. The third-order valence-corrected chi connectivity index (χ3v) is 1.97. The summed E-state index contributed by atoms with van der Waals surface area (Å²) in [6, 6.07) is 0. The molecule has 0 aliphatic carbocycles. The zero-order chi connectivity index (χ0) is 7.07. The van der Waals surface area contributed by atoms with Crippen LogP contribution in [0.3, 0.4) is 0 Å². The molecule has 2 atom stereocenters. The molecule has 1 saturated heterocycles. The highest BCUT2D eigenvalue weighted by molar-refractivity contribution is 4.88. The lowest BCUT2D eigenvalue weighted by Gasteiger charge is -2.21. The van der Waals surface area contributed by atoms with Crippen LogP contribution in [0.5, 0.6) is 0 Å². The molecule has 2 unspecified atom stereocenters. The maximum atomic E-state index is 9.40. The van der Waals surface area contributed by atoms with Gasteiger partial charge in [-0.1, -0.05) is 6.92 Å². The van der Waals surface area contributed by atoms with Crippen molar-refractivity contribution in [2.75, 3.05) is 6.61 Å². The molecule has 2 heteroatoms. The minimum absolute atomic E-state index is 0.292. The van der Waals surface area contributed by atoms with Crippen molar-refractivity contribution in [1.29, 1.82) is 0 Å².